The van der Waals surface area contributed by atoms with E-state index in [1.54, 1.807) is 25.3 Å². The Morgan fingerprint density at radius 1 is 1.36 bits per heavy atom. The molecule has 1 amide bonds. The molecule has 0 spiro atoms. The number of guanidine groups is 1. The zero-order valence-corrected chi connectivity index (χ0v) is 18.0. The number of halogens is 1. The van der Waals surface area contributed by atoms with Crippen molar-refractivity contribution in [2.45, 2.75) is 26.7 Å². The van der Waals surface area contributed by atoms with Crippen molar-refractivity contribution < 1.29 is 9.21 Å². The van der Waals surface area contributed by atoms with Gasteiger partial charge in [0.1, 0.15) is 12.3 Å². The van der Waals surface area contributed by atoms with Crippen molar-refractivity contribution in [1.29, 1.82) is 0 Å². The lowest BCUT2D eigenvalue weighted by molar-refractivity contribution is -0.127. The Kier molecular flexibility index (Phi) is 9.31. The lowest BCUT2D eigenvalue weighted by atomic mass is 9.92. The molecule has 1 aromatic rings. The van der Waals surface area contributed by atoms with Gasteiger partial charge in [-0.25, -0.2) is 4.99 Å². The predicted molar refractivity (Wildman–Crippen MR) is 111 cm³/mol. The molecule has 7 heteroatoms. The molecule has 1 aliphatic rings. The summed E-state index contributed by atoms with van der Waals surface area (Å²) in [5.41, 5.74) is 0. The molecule has 0 radical (unpaired) electrons. The number of likely N-dealkylation sites (tertiary alicyclic amines) is 1. The van der Waals surface area contributed by atoms with E-state index >= 15 is 0 Å². The number of furan rings is 1. The molecule has 6 nitrogen and oxygen atoms in total. The van der Waals surface area contributed by atoms with Gasteiger partial charge in [-0.2, -0.15) is 0 Å². The monoisotopic (exact) mass is 462 g/mol. The van der Waals surface area contributed by atoms with Gasteiger partial charge in [-0.05, 0) is 30.4 Å². The number of amides is 1. The minimum Gasteiger partial charge on any atom is -0.469 e. The summed E-state index contributed by atoms with van der Waals surface area (Å²) in [6.45, 7) is 7.42. The first-order chi connectivity index (χ1) is 11.5. The third-order valence-corrected chi connectivity index (χ3v) is 4.27. The Morgan fingerprint density at radius 3 is 2.60 bits per heavy atom. The molecule has 1 fully saturated rings. The van der Waals surface area contributed by atoms with Crippen LogP contribution in [0.1, 0.15) is 26.0 Å². The molecule has 142 valence electrons. The summed E-state index contributed by atoms with van der Waals surface area (Å²) in [5, 5.41) is 3.41. The number of piperidine rings is 1. The molecule has 0 saturated carbocycles. The highest BCUT2D eigenvalue weighted by Gasteiger charge is 2.24. The molecule has 2 atom stereocenters. The summed E-state index contributed by atoms with van der Waals surface area (Å²) in [5.74, 6) is 3.06. The average molecular weight is 462 g/mol. The SMILES string of the molecule is CC1CC(C)CN(C(=NCC(=O)N(C)C)NCCc2ccco2)C1.I. The van der Waals surface area contributed by atoms with Gasteiger partial charge in [0, 0.05) is 40.2 Å². The van der Waals surface area contributed by atoms with E-state index < -0.39 is 0 Å². The smallest absolute Gasteiger partial charge is 0.243 e. The largest absolute Gasteiger partial charge is 0.469 e. The third-order valence-electron chi connectivity index (χ3n) is 4.27. The van der Waals surface area contributed by atoms with Gasteiger partial charge in [-0.15, -0.1) is 24.0 Å². The number of likely N-dealkylation sites (N-methyl/N-ethyl adjacent to an activating group) is 1. The normalized spacial score (nSPS) is 20.8. The van der Waals surface area contributed by atoms with E-state index in [1.807, 2.05) is 12.1 Å². The van der Waals surface area contributed by atoms with Crippen LogP contribution >= 0.6 is 24.0 Å². The van der Waals surface area contributed by atoms with Crippen molar-refractivity contribution >= 4 is 35.8 Å². The van der Waals surface area contributed by atoms with Gasteiger partial charge >= 0.3 is 0 Å². The summed E-state index contributed by atoms with van der Waals surface area (Å²) >= 11 is 0. The number of rotatable bonds is 5. The van der Waals surface area contributed by atoms with Crippen molar-refractivity contribution in [1.82, 2.24) is 15.1 Å². The van der Waals surface area contributed by atoms with E-state index in [9.17, 15) is 4.79 Å². The number of carbonyl (C=O) groups excluding carboxylic acids is 1. The van der Waals surface area contributed by atoms with Crippen LogP contribution in [0.2, 0.25) is 0 Å². The minimum atomic E-state index is 0. The summed E-state index contributed by atoms with van der Waals surface area (Å²) in [4.78, 5) is 20.3. The van der Waals surface area contributed by atoms with Crippen LogP contribution in [0.15, 0.2) is 27.8 Å². The second kappa shape index (κ2) is 10.7. The number of hydrogen-bond donors (Lipinski definition) is 1. The van der Waals surface area contributed by atoms with Gasteiger partial charge in [-0.3, -0.25) is 4.79 Å². The first-order valence-electron chi connectivity index (χ1n) is 8.71. The zero-order valence-electron chi connectivity index (χ0n) is 15.7. The van der Waals surface area contributed by atoms with Gasteiger partial charge in [0.05, 0.1) is 6.26 Å². The predicted octanol–water partition coefficient (Wildman–Crippen LogP) is 2.45. The number of carbonyl (C=O) groups is 1. The fourth-order valence-electron chi connectivity index (χ4n) is 3.14. The molecule has 2 unspecified atom stereocenters. The highest BCUT2D eigenvalue weighted by Crippen LogP contribution is 2.20. The van der Waals surface area contributed by atoms with E-state index in [4.69, 9.17) is 4.42 Å². The zero-order chi connectivity index (χ0) is 17.5. The Hall–Kier alpha value is -1.25. The summed E-state index contributed by atoms with van der Waals surface area (Å²) in [7, 11) is 3.51. The molecular weight excluding hydrogens is 431 g/mol. The highest BCUT2D eigenvalue weighted by molar-refractivity contribution is 14.0. The van der Waals surface area contributed by atoms with E-state index in [1.165, 1.54) is 6.42 Å². The maximum atomic E-state index is 11.9. The van der Waals surface area contributed by atoms with Crippen molar-refractivity contribution in [3.63, 3.8) is 0 Å². The Morgan fingerprint density at radius 2 is 2.04 bits per heavy atom. The van der Waals surface area contributed by atoms with Gasteiger partial charge < -0.3 is 19.5 Å². The molecular formula is C18H31IN4O2. The Balaban J connectivity index is 0.00000312. The molecule has 1 saturated heterocycles. The number of aliphatic imine (C=N–C) groups is 1. The number of nitrogens with one attached hydrogen (secondary N) is 1. The molecule has 1 aliphatic heterocycles. The molecule has 25 heavy (non-hydrogen) atoms. The van der Waals surface area contributed by atoms with Crippen LogP contribution in [0.3, 0.4) is 0 Å². The van der Waals surface area contributed by atoms with Crippen LogP contribution in [-0.2, 0) is 11.2 Å². The molecule has 0 aromatic carbocycles. The number of hydrogen-bond acceptors (Lipinski definition) is 3. The maximum Gasteiger partial charge on any atom is 0.243 e. The van der Waals surface area contributed by atoms with Crippen molar-refractivity contribution in [2.75, 3.05) is 40.3 Å². The van der Waals surface area contributed by atoms with Crippen molar-refractivity contribution in [2.24, 2.45) is 16.8 Å². The van der Waals surface area contributed by atoms with Crippen LogP contribution in [0.4, 0.5) is 0 Å². The minimum absolute atomic E-state index is 0. The van der Waals surface area contributed by atoms with Crippen LogP contribution in [-0.4, -0.2) is 61.9 Å². The van der Waals surface area contributed by atoms with Gasteiger partial charge in [-0.1, -0.05) is 13.8 Å². The first kappa shape index (κ1) is 21.8. The first-order valence-corrected chi connectivity index (χ1v) is 8.71. The average Bonchev–Trinajstić information content (AvgIpc) is 3.02. The fourth-order valence-corrected chi connectivity index (χ4v) is 3.14. The van der Waals surface area contributed by atoms with Gasteiger partial charge in [0.2, 0.25) is 5.91 Å². The molecule has 2 rings (SSSR count). The van der Waals surface area contributed by atoms with Gasteiger partial charge in [0.15, 0.2) is 5.96 Å². The summed E-state index contributed by atoms with van der Waals surface area (Å²) < 4.78 is 5.37. The quantitative estimate of drug-likeness (QED) is 0.415. The maximum absolute atomic E-state index is 11.9. The van der Waals surface area contributed by atoms with Crippen molar-refractivity contribution in [3.05, 3.63) is 24.2 Å². The Labute approximate surface area is 168 Å². The summed E-state index contributed by atoms with van der Waals surface area (Å²) in [6, 6.07) is 3.87. The topological polar surface area (TPSA) is 61.1 Å². The van der Waals surface area contributed by atoms with E-state index in [-0.39, 0.29) is 36.4 Å². The van der Waals surface area contributed by atoms with Gasteiger partial charge in [0.25, 0.3) is 0 Å². The van der Waals surface area contributed by atoms with Crippen LogP contribution in [0, 0.1) is 11.8 Å². The summed E-state index contributed by atoms with van der Waals surface area (Å²) in [6.07, 6.45) is 3.73. The third kappa shape index (κ3) is 7.25. The second-order valence-corrected chi connectivity index (χ2v) is 7.04. The van der Waals surface area contributed by atoms with E-state index in [0.29, 0.717) is 11.8 Å². The van der Waals surface area contributed by atoms with E-state index in [0.717, 1.165) is 37.8 Å². The van der Waals surface area contributed by atoms with E-state index in [2.05, 4.69) is 29.1 Å². The molecule has 1 N–H and O–H groups in total. The Bertz CT molecular complexity index is 535. The highest BCUT2D eigenvalue weighted by atomic mass is 127. The number of nitrogens with zero attached hydrogens (tertiary/aromatic N) is 3. The standard InChI is InChI=1S/C18H30N4O2.HI/c1-14-10-15(2)13-22(12-14)18(20-11-17(23)21(3)4)19-8-7-16-6-5-9-24-16;/h5-6,9,14-15H,7-8,10-13H2,1-4H3,(H,19,20);1H. The fraction of sp³-hybridized carbons (Fsp3) is 0.667. The molecule has 1 aromatic heterocycles. The molecule has 0 aliphatic carbocycles. The lowest BCUT2D eigenvalue weighted by Gasteiger charge is -2.37. The second-order valence-electron chi connectivity index (χ2n) is 7.04. The molecule has 2 heterocycles. The van der Waals surface area contributed by atoms with Crippen LogP contribution in [0.5, 0.6) is 0 Å². The van der Waals surface area contributed by atoms with Crippen molar-refractivity contribution in [3.8, 4) is 0 Å². The lowest BCUT2D eigenvalue weighted by Crippen LogP contribution is -2.49. The van der Waals surface area contributed by atoms with Crippen LogP contribution in [0.25, 0.3) is 0 Å². The van der Waals surface area contributed by atoms with Crippen LogP contribution < -0.4 is 5.32 Å². The molecule has 0 bridgehead atoms.